The minimum atomic E-state index is 0.580. The number of thioether (sulfide) groups is 1. The van der Waals surface area contributed by atoms with Gasteiger partial charge in [0.25, 0.3) is 0 Å². The molecule has 1 unspecified atom stereocenters. The molecule has 0 saturated heterocycles. The highest BCUT2D eigenvalue weighted by atomic mass is 35.5. The second-order valence-corrected chi connectivity index (χ2v) is 5.77. The summed E-state index contributed by atoms with van der Waals surface area (Å²) in [6.07, 6.45) is 2.20. The van der Waals surface area contributed by atoms with E-state index in [-0.39, 0.29) is 0 Å². The van der Waals surface area contributed by atoms with Crippen LogP contribution in [0.3, 0.4) is 0 Å². The van der Waals surface area contributed by atoms with Crippen molar-refractivity contribution >= 4 is 35.0 Å². The van der Waals surface area contributed by atoms with Gasteiger partial charge in [-0.15, -0.1) is 11.8 Å². The third-order valence-corrected chi connectivity index (χ3v) is 4.58. The van der Waals surface area contributed by atoms with E-state index in [1.807, 2.05) is 23.9 Å². The van der Waals surface area contributed by atoms with Crippen molar-refractivity contribution in [3.8, 4) is 0 Å². The molecule has 0 fully saturated rings. The molecule has 0 radical (unpaired) electrons. The SMILES string of the molecule is NCC1CCSc2cc(Cl)c(Cl)cc2C1. The van der Waals surface area contributed by atoms with Gasteiger partial charge in [0.05, 0.1) is 10.0 Å². The zero-order chi connectivity index (χ0) is 10.8. The van der Waals surface area contributed by atoms with Gasteiger partial charge in [0.1, 0.15) is 0 Å². The van der Waals surface area contributed by atoms with Crippen LogP contribution in [0, 0.1) is 5.92 Å². The van der Waals surface area contributed by atoms with Crippen LogP contribution in [0.5, 0.6) is 0 Å². The monoisotopic (exact) mass is 261 g/mol. The van der Waals surface area contributed by atoms with Gasteiger partial charge in [0.15, 0.2) is 0 Å². The van der Waals surface area contributed by atoms with E-state index in [1.54, 1.807) is 0 Å². The maximum Gasteiger partial charge on any atom is 0.0603 e. The minimum Gasteiger partial charge on any atom is -0.330 e. The summed E-state index contributed by atoms with van der Waals surface area (Å²) in [5, 5.41) is 1.29. The first kappa shape index (κ1) is 11.6. The first-order chi connectivity index (χ1) is 7.20. The molecule has 1 aromatic rings. The molecule has 1 nitrogen and oxygen atoms in total. The lowest BCUT2D eigenvalue weighted by molar-refractivity contribution is 0.524. The van der Waals surface area contributed by atoms with E-state index in [9.17, 15) is 0 Å². The predicted molar refractivity (Wildman–Crippen MR) is 68.1 cm³/mol. The standard InChI is InChI=1S/C11H13Cl2NS/c12-9-4-8-3-7(6-14)1-2-15-11(8)5-10(9)13/h4-5,7H,1-3,6,14H2. The van der Waals surface area contributed by atoms with Gasteiger partial charge in [-0.25, -0.2) is 0 Å². The summed E-state index contributed by atoms with van der Waals surface area (Å²) < 4.78 is 0. The van der Waals surface area contributed by atoms with Crippen LogP contribution in [0.15, 0.2) is 17.0 Å². The number of benzene rings is 1. The molecule has 0 amide bonds. The lowest BCUT2D eigenvalue weighted by Gasteiger charge is -2.11. The first-order valence-corrected chi connectivity index (χ1v) is 6.75. The Bertz CT molecular complexity index is 368. The fourth-order valence-electron chi connectivity index (χ4n) is 1.81. The molecular weight excluding hydrogens is 249 g/mol. The molecule has 1 heterocycles. The fraction of sp³-hybridized carbons (Fsp3) is 0.455. The van der Waals surface area contributed by atoms with Gasteiger partial charge in [0.2, 0.25) is 0 Å². The Hall–Kier alpha value is 0.110. The van der Waals surface area contributed by atoms with Crippen molar-refractivity contribution in [1.82, 2.24) is 0 Å². The smallest absolute Gasteiger partial charge is 0.0603 e. The topological polar surface area (TPSA) is 26.0 Å². The molecule has 82 valence electrons. The van der Waals surface area contributed by atoms with Gasteiger partial charge in [-0.05, 0) is 48.8 Å². The maximum atomic E-state index is 6.02. The average Bonchev–Trinajstić information content (AvgIpc) is 2.41. The van der Waals surface area contributed by atoms with Crippen molar-refractivity contribution in [2.45, 2.75) is 17.7 Å². The number of nitrogens with two attached hydrogens (primary N) is 1. The molecule has 0 bridgehead atoms. The molecule has 0 saturated carbocycles. The predicted octanol–water partition coefficient (Wildman–Crippen LogP) is 3.61. The summed E-state index contributed by atoms with van der Waals surface area (Å²) in [4.78, 5) is 1.26. The van der Waals surface area contributed by atoms with Gasteiger partial charge < -0.3 is 5.73 Å². The zero-order valence-corrected chi connectivity index (χ0v) is 10.6. The van der Waals surface area contributed by atoms with E-state index in [0.717, 1.165) is 18.7 Å². The van der Waals surface area contributed by atoms with Crippen LogP contribution in [0.2, 0.25) is 10.0 Å². The van der Waals surface area contributed by atoms with Crippen molar-refractivity contribution in [1.29, 1.82) is 0 Å². The highest BCUT2D eigenvalue weighted by Crippen LogP contribution is 2.36. The van der Waals surface area contributed by atoms with E-state index in [4.69, 9.17) is 28.9 Å². The van der Waals surface area contributed by atoms with Gasteiger partial charge in [-0.3, -0.25) is 0 Å². The van der Waals surface area contributed by atoms with Crippen LogP contribution >= 0.6 is 35.0 Å². The lowest BCUT2D eigenvalue weighted by Crippen LogP contribution is -2.16. The molecule has 2 N–H and O–H groups in total. The molecule has 1 aliphatic rings. The van der Waals surface area contributed by atoms with Crippen LogP contribution in [-0.4, -0.2) is 12.3 Å². The second kappa shape index (κ2) is 4.96. The minimum absolute atomic E-state index is 0.580. The fourth-order valence-corrected chi connectivity index (χ4v) is 3.43. The van der Waals surface area contributed by atoms with Crippen molar-refractivity contribution in [3.05, 3.63) is 27.7 Å². The van der Waals surface area contributed by atoms with Gasteiger partial charge in [-0.2, -0.15) is 0 Å². The largest absolute Gasteiger partial charge is 0.330 e. The van der Waals surface area contributed by atoms with Crippen molar-refractivity contribution < 1.29 is 0 Å². The summed E-state index contributed by atoms with van der Waals surface area (Å²) in [6.45, 7) is 0.750. The van der Waals surface area contributed by atoms with Crippen molar-refractivity contribution in [3.63, 3.8) is 0 Å². The van der Waals surface area contributed by atoms with Crippen LogP contribution < -0.4 is 5.73 Å². The Morgan fingerprint density at radius 3 is 2.80 bits per heavy atom. The molecule has 1 atom stereocenters. The molecule has 0 aromatic heterocycles. The highest BCUT2D eigenvalue weighted by Gasteiger charge is 2.17. The van der Waals surface area contributed by atoms with E-state index >= 15 is 0 Å². The Labute approximate surface area is 104 Å². The summed E-state index contributed by atoms with van der Waals surface area (Å²) in [5.74, 6) is 1.70. The molecule has 15 heavy (non-hydrogen) atoms. The summed E-state index contributed by atoms with van der Waals surface area (Å²) in [7, 11) is 0. The molecule has 2 rings (SSSR count). The Morgan fingerprint density at radius 2 is 2.07 bits per heavy atom. The summed E-state index contributed by atoms with van der Waals surface area (Å²) >= 11 is 13.9. The molecular formula is C11H13Cl2NS. The molecule has 1 aromatic carbocycles. The summed E-state index contributed by atoms with van der Waals surface area (Å²) in [5.41, 5.74) is 7.02. The third kappa shape index (κ3) is 2.62. The normalized spacial score (nSPS) is 20.9. The van der Waals surface area contributed by atoms with Gasteiger partial charge in [0, 0.05) is 4.90 Å². The first-order valence-electron chi connectivity index (χ1n) is 5.01. The Balaban J connectivity index is 2.34. The quantitative estimate of drug-likeness (QED) is 0.836. The molecule has 1 aliphatic heterocycles. The van der Waals surface area contributed by atoms with Crippen molar-refractivity contribution in [2.24, 2.45) is 11.7 Å². The number of rotatable bonds is 1. The van der Waals surface area contributed by atoms with Crippen LogP contribution in [0.25, 0.3) is 0 Å². The maximum absolute atomic E-state index is 6.02. The third-order valence-electron chi connectivity index (χ3n) is 2.73. The molecule has 0 spiro atoms. The van der Waals surface area contributed by atoms with E-state index in [2.05, 4.69) is 0 Å². The highest BCUT2D eigenvalue weighted by molar-refractivity contribution is 7.99. The van der Waals surface area contributed by atoms with Crippen LogP contribution in [0.1, 0.15) is 12.0 Å². The summed E-state index contributed by atoms with van der Waals surface area (Å²) in [6, 6.07) is 3.96. The Morgan fingerprint density at radius 1 is 1.33 bits per heavy atom. The van der Waals surface area contributed by atoms with Crippen LogP contribution in [-0.2, 0) is 6.42 Å². The molecule has 0 aliphatic carbocycles. The average molecular weight is 262 g/mol. The Kier molecular flexibility index (Phi) is 3.83. The molecule has 4 heteroatoms. The van der Waals surface area contributed by atoms with E-state index in [0.29, 0.717) is 16.0 Å². The van der Waals surface area contributed by atoms with Gasteiger partial charge >= 0.3 is 0 Å². The lowest BCUT2D eigenvalue weighted by atomic mass is 9.97. The second-order valence-electron chi connectivity index (χ2n) is 3.82. The number of hydrogen-bond donors (Lipinski definition) is 1. The zero-order valence-electron chi connectivity index (χ0n) is 8.30. The number of fused-ring (bicyclic) bond motifs is 1. The number of halogens is 2. The van der Waals surface area contributed by atoms with E-state index in [1.165, 1.54) is 16.9 Å². The van der Waals surface area contributed by atoms with Crippen LogP contribution in [0.4, 0.5) is 0 Å². The van der Waals surface area contributed by atoms with Gasteiger partial charge in [-0.1, -0.05) is 23.2 Å². The van der Waals surface area contributed by atoms with E-state index < -0.39 is 0 Å². The van der Waals surface area contributed by atoms with Crippen molar-refractivity contribution in [2.75, 3.05) is 12.3 Å². The number of hydrogen-bond acceptors (Lipinski definition) is 2.